The van der Waals surface area contributed by atoms with Crippen LogP contribution in [0, 0.1) is 11.8 Å². The molecule has 2 rings (SSSR count). The Bertz CT molecular complexity index is 647. The summed E-state index contributed by atoms with van der Waals surface area (Å²) in [7, 11) is 0. The van der Waals surface area contributed by atoms with E-state index in [2.05, 4.69) is 32.3 Å². The number of nitrogens with one attached hydrogen (secondary N) is 1. The van der Waals surface area contributed by atoms with Crippen molar-refractivity contribution in [1.82, 2.24) is 15.2 Å². The molecule has 2 aromatic heterocycles. The molecular weight excluding hydrogens is 256 g/mol. The number of rotatable bonds is 3. The van der Waals surface area contributed by atoms with Gasteiger partial charge in [0.25, 0.3) is 5.91 Å². The molecule has 100 valence electrons. The molecule has 0 radical (unpaired) electrons. The Hall–Kier alpha value is -2.78. The van der Waals surface area contributed by atoms with Crippen molar-refractivity contribution in [2.45, 2.75) is 6.42 Å². The van der Waals surface area contributed by atoms with E-state index in [-0.39, 0.29) is 12.3 Å². The Morgan fingerprint density at radius 1 is 1.30 bits per heavy atom. The summed E-state index contributed by atoms with van der Waals surface area (Å²) in [6, 6.07) is 6.69. The second-order valence-electron chi connectivity index (χ2n) is 3.74. The molecule has 0 saturated carbocycles. The van der Waals surface area contributed by atoms with Gasteiger partial charge in [-0.3, -0.25) is 4.79 Å². The van der Waals surface area contributed by atoms with Gasteiger partial charge in [-0.15, -0.1) is 5.10 Å². The molecule has 0 saturated heterocycles. The predicted octanol–water partition coefficient (Wildman–Crippen LogP) is 0.858. The normalized spacial score (nSPS) is 9.45. The van der Waals surface area contributed by atoms with E-state index < -0.39 is 5.91 Å². The van der Waals surface area contributed by atoms with Crippen molar-refractivity contribution in [3.8, 4) is 11.8 Å². The molecule has 0 aliphatic rings. The second-order valence-corrected chi connectivity index (χ2v) is 3.74. The van der Waals surface area contributed by atoms with E-state index in [0.29, 0.717) is 17.8 Å². The van der Waals surface area contributed by atoms with Crippen LogP contribution in [-0.2, 0) is 0 Å². The fourth-order valence-corrected chi connectivity index (χ4v) is 1.44. The highest BCUT2D eigenvalue weighted by molar-refractivity contribution is 6.03. The quantitative estimate of drug-likeness (QED) is 0.806. The maximum atomic E-state index is 12.1. The summed E-state index contributed by atoms with van der Waals surface area (Å²) in [5.41, 5.74) is 0.714. The fourth-order valence-electron chi connectivity index (χ4n) is 1.44. The van der Waals surface area contributed by atoms with Crippen LogP contribution in [0.4, 0.5) is 5.82 Å². The molecule has 6 nitrogen and oxygen atoms in total. The van der Waals surface area contributed by atoms with Crippen molar-refractivity contribution in [2.24, 2.45) is 0 Å². The molecule has 2 aromatic rings. The number of nitrogens with zero attached hydrogens (tertiary/aromatic N) is 3. The minimum Gasteiger partial charge on any atom is -0.395 e. The van der Waals surface area contributed by atoms with Crippen molar-refractivity contribution >= 4 is 11.7 Å². The Kier molecular flexibility index (Phi) is 4.76. The first-order valence-electron chi connectivity index (χ1n) is 5.95. The number of aliphatic hydroxyl groups excluding tert-OH is 1. The maximum absolute atomic E-state index is 12.1. The Morgan fingerprint density at radius 2 is 2.15 bits per heavy atom. The van der Waals surface area contributed by atoms with E-state index in [9.17, 15) is 4.79 Å². The Labute approximate surface area is 115 Å². The number of hydrogen-bond acceptors (Lipinski definition) is 5. The molecule has 2 N–H and O–H groups in total. The van der Waals surface area contributed by atoms with E-state index >= 15 is 0 Å². The Morgan fingerprint density at radius 3 is 2.90 bits per heavy atom. The lowest BCUT2D eigenvalue weighted by Gasteiger charge is -2.04. The lowest BCUT2D eigenvalue weighted by atomic mass is 10.2. The van der Waals surface area contributed by atoms with Crippen molar-refractivity contribution < 1.29 is 9.90 Å². The van der Waals surface area contributed by atoms with Gasteiger partial charge in [-0.1, -0.05) is 11.8 Å². The largest absolute Gasteiger partial charge is 0.395 e. The molecule has 0 atom stereocenters. The first-order valence-corrected chi connectivity index (χ1v) is 5.95. The summed E-state index contributed by atoms with van der Waals surface area (Å²) < 4.78 is 0. The number of pyridine rings is 1. The van der Waals surface area contributed by atoms with Crippen LogP contribution in [-0.4, -0.2) is 32.8 Å². The lowest BCUT2D eigenvalue weighted by molar-refractivity contribution is 0.102. The van der Waals surface area contributed by atoms with Gasteiger partial charge in [0.05, 0.1) is 12.2 Å². The van der Waals surface area contributed by atoms with Gasteiger partial charge in [-0.05, 0) is 24.3 Å². The number of anilines is 1. The van der Waals surface area contributed by atoms with Crippen molar-refractivity contribution in [3.63, 3.8) is 0 Å². The first kappa shape index (κ1) is 13.6. The summed E-state index contributed by atoms with van der Waals surface area (Å²) in [5.74, 6) is 5.52. The Balaban J connectivity index is 2.20. The summed E-state index contributed by atoms with van der Waals surface area (Å²) in [6.45, 7) is -0.0194. The average Bonchev–Trinajstić information content (AvgIpc) is 2.49. The third kappa shape index (κ3) is 3.60. The molecule has 0 aliphatic heterocycles. The van der Waals surface area contributed by atoms with Crippen molar-refractivity contribution in [2.75, 3.05) is 11.9 Å². The van der Waals surface area contributed by atoms with Gasteiger partial charge in [-0.25, -0.2) is 4.98 Å². The monoisotopic (exact) mass is 268 g/mol. The molecule has 0 bridgehead atoms. The van der Waals surface area contributed by atoms with Gasteiger partial charge < -0.3 is 10.4 Å². The van der Waals surface area contributed by atoms with Gasteiger partial charge in [0.15, 0.2) is 5.82 Å². The van der Waals surface area contributed by atoms with E-state index in [1.807, 2.05) is 0 Å². The second kappa shape index (κ2) is 6.97. The van der Waals surface area contributed by atoms with E-state index in [4.69, 9.17) is 5.11 Å². The molecule has 20 heavy (non-hydrogen) atoms. The average molecular weight is 268 g/mol. The zero-order valence-electron chi connectivity index (χ0n) is 10.6. The fraction of sp³-hybridized carbons (Fsp3) is 0.143. The molecule has 1 amide bonds. The van der Waals surface area contributed by atoms with E-state index in [0.717, 1.165) is 0 Å². The summed E-state index contributed by atoms with van der Waals surface area (Å²) in [4.78, 5) is 16.1. The van der Waals surface area contributed by atoms with Crippen LogP contribution in [0.3, 0.4) is 0 Å². The molecular formula is C14H12N4O2. The highest BCUT2D eigenvalue weighted by Crippen LogP contribution is 2.07. The molecule has 0 spiro atoms. The van der Waals surface area contributed by atoms with Crippen LogP contribution >= 0.6 is 0 Å². The minimum absolute atomic E-state index is 0.0194. The maximum Gasteiger partial charge on any atom is 0.276 e. The third-order valence-corrected chi connectivity index (χ3v) is 2.30. The SMILES string of the molecule is O=C(Nc1cccnn1)c1ncccc1C#CCCO. The van der Waals surface area contributed by atoms with Crippen LogP contribution in [0.5, 0.6) is 0 Å². The number of aromatic nitrogens is 3. The summed E-state index contributed by atoms with van der Waals surface area (Å²) in [6.07, 6.45) is 3.38. The van der Waals surface area contributed by atoms with Gasteiger partial charge >= 0.3 is 0 Å². The highest BCUT2D eigenvalue weighted by Gasteiger charge is 2.12. The summed E-state index contributed by atoms with van der Waals surface area (Å²) in [5, 5.41) is 18.7. The van der Waals surface area contributed by atoms with Gasteiger partial charge in [0, 0.05) is 18.8 Å². The van der Waals surface area contributed by atoms with Crippen molar-refractivity contribution in [1.29, 1.82) is 0 Å². The topological polar surface area (TPSA) is 88.0 Å². The zero-order valence-corrected chi connectivity index (χ0v) is 10.6. The van der Waals surface area contributed by atoms with Gasteiger partial charge in [0.2, 0.25) is 0 Å². The standard InChI is InChI=1S/C14H12N4O2/c19-10-2-1-5-11-6-3-8-15-13(11)14(20)17-12-7-4-9-16-18-12/h3-4,6-9,19H,2,10H2,(H,17,18,20). The van der Waals surface area contributed by atoms with Crippen LogP contribution in [0.1, 0.15) is 22.5 Å². The lowest BCUT2D eigenvalue weighted by Crippen LogP contribution is -2.16. The number of carbonyl (C=O) groups excluding carboxylic acids is 1. The van der Waals surface area contributed by atoms with Crippen LogP contribution < -0.4 is 5.32 Å². The smallest absolute Gasteiger partial charge is 0.276 e. The zero-order chi connectivity index (χ0) is 14.2. The van der Waals surface area contributed by atoms with Gasteiger partial charge in [-0.2, -0.15) is 5.10 Å². The van der Waals surface area contributed by atoms with Crippen LogP contribution in [0.2, 0.25) is 0 Å². The highest BCUT2D eigenvalue weighted by atomic mass is 16.2. The number of hydrogen-bond donors (Lipinski definition) is 2. The molecule has 0 aliphatic carbocycles. The predicted molar refractivity (Wildman–Crippen MR) is 72.8 cm³/mol. The number of carbonyl (C=O) groups is 1. The van der Waals surface area contributed by atoms with Crippen LogP contribution in [0.25, 0.3) is 0 Å². The first-order chi connectivity index (χ1) is 9.81. The number of aliphatic hydroxyl groups is 1. The van der Waals surface area contributed by atoms with E-state index in [1.165, 1.54) is 12.4 Å². The van der Waals surface area contributed by atoms with Gasteiger partial charge in [0.1, 0.15) is 5.69 Å². The van der Waals surface area contributed by atoms with Crippen LogP contribution in [0.15, 0.2) is 36.7 Å². The minimum atomic E-state index is -0.403. The van der Waals surface area contributed by atoms with Crippen molar-refractivity contribution in [3.05, 3.63) is 47.9 Å². The summed E-state index contributed by atoms with van der Waals surface area (Å²) >= 11 is 0. The molecule has 0 unspecified atom stereocenters. The molecule has 0 fully saturated rings. The third-order valence-electron chi connectivity index (χ3n) is 2.30. The molecule has 2 heterocycles. The molecule has 0 aromatic carbocycles. The number of amides is 1. The van der Waals surface area contributed by atoms with E-state index in [1.54, 1.807) is 24.3 Å². The molecule has 6 heteroatoms.